The van der Waals surface area contributed by atoms with Gasteiger partial charge in [0.2, 0.25) is 5.75 Å². The third-order valence-corrected chi connectivity index (χ3v) is 4.31. The number of carbonyl (C=O) groups excluding carboxylic acids is 1. The Labute approximate surface area is 177 Å². The van der Waals surface area contributed by atoms with Crippen molar-refractivity contribution < 1.29 is 33.3 Å². The lowest BCUT2D eigenvalue weighted by Gasteiger charge is -2.13. The van der Waals surface area contributed by atoms with Crippen molar-refractivity contribution in [2.45, 2.75) is 0 Å². The minimum absolute atomic E-state index is 0.154. The summed E-state index contributed by atoms with van der Waals surface area (Å²) in [5.41, 5.74) is 3.43. The maximum atomic E-state index is 12.4. The Kier molecular flexibility index (Phi) is 6.56. The van der Waals surface area contributed by atoms with Gasteiger partial charge in [0, 0.05) is 11.1 Å². The highest BCUT2D eigenvalue weighted by molar-refractivity contribution is 5.96. The number of furan rings is 1. The van der Waals surface area contributed by atoms with Crippen molar-refractivity contribution in [1.29, 1.82) is 0 Å². The minimum Gasteiger partial charge on any atom is -0.493 e. The van der Waals surface area contributed by atoms with E-state index >= 15 is 0 Å². The van der Waals surface area contributed by atoms with Gasteiger partial charge in [-0.3, -0.25) is 4.79 Å². The van der Waals surface area contributed by atoms with E-state index in [0.29, 0.717) is 34.3 Å². The topological polar surface area (TPSA) is 120 Å². The van der Waals surface area contributed by atoms with E-state index in [1.54, 1.807) is 24.3 Å². The zero-order chi connectivity index (χ0) is 22.4. The van der Waals surface area contributed by atoms with Crippen LogP contribution in [-0.2, 0) is 0 Å². The van der Waals surface area contributed by atoms with Crippen LogP contribution >= 0.6 is 0 Å². The molecule has 0 unspecified atom stereocenters. The van der Waals surface area contributed by atoms with E-state index < -0.39 is 11.9 Å². The molecular weight excluding hydrogens is 404 g/mol. The van der Waals surface area contributed by atoms with E-state index in [1.807, 2.05) is 0 Å². The molecule has 1 aromatic heterocycles. The number of rotatable bonds is 8. The van der Waals surface area contributed by atoms with Gasteiger partial charge in [0.05, 0.1) is 33.1 Å². The largest absolute Gasteiger partial charge is 0.493 e. The van der Waals surface area contributed by atoms with E-state index in [1.165, 1.54) is 51.8 Å². The molecule has 0 radical (unpaired) electrons. The van der Waals surface area contributed by atoms with Gasteiger partial charge in [-0.15, -0.1) is 0 Å². The fourth-order valence-electron chi connectivity index (χ4n) is 2.81. The van der Waals surface area contributed by atoms with Crippen molar-refractivity contribution in [3.8, 4) is 28.6 Å². The lowest BCUT2D eigenvalue weighted by Crippen LogP contribution is -2.18. The zero-order valence-electron chi connectivity index (χ0n) is 17.0. The summed E-state index contributed by atoms with van der Waals surface area (Å²) in [6, 6.07) is 12.7. The molecule has 0 saturated carbocycles. The minimum atomic E-state index is -1.02. The molecule has 31 heavy (non-hydrogen) atoms. The van der Waals surface area contributed by atoms with Crippen LogP contribution in [0.4, 0.5) is 0 Å². The van der Waals surface area contributed by atoms with Gasteiger partial charge in [0.1, 0.15) is 11.5 Å². The van der Waals surface area contributed by atoms with E-state index in [0.717, 1.165) is 0 Å². The number of carboxylic acid groups (broad SMARTS) is 1. The number of methoxy groups -OCH3 is 3. The number of nitrogens with one attached hydrogen (secondary N) is 1. The number of benzene rings is 2. The first-order valence-corrected chi connectivity index (χ1v) is 9.03. The van der Waals surface area contributed by atoms with E-state index in [4.69, 9.17) is 23.7 Å². The molecule has 3 aromatic rings. The molecule has 1 amide bonds. The predicted molar refractivity (Wildman–Crippen MR) is 112 cm³/mol. The van der Waals surface area contributed by atoms with Gasteiger partial charge in [-0.1, -0.05) is 12.1 Å². The molecule has 9 nitrogen and oxygen atoms in total. The molecule has 0 bridgehead atoms. The number of carbonyl (C=O) groups is 2. The smallest absolute Gasteiger partial charge is 0.335 e. The van der Waals surface area contributed by atoms with Crippen LogP contribution in [0.1, 0.15) is 26.5 Å². The van der Waals surface area contributed by atoms with Crippen LogP contribution in [0.3, 0.4) is 0 Å². The summed E-state index contributed by atoms with van der Waals surface area (Å²) in [6.45, 7) is 0. The van der Waals surface area contributed by atoms with Crippen molar-refractivity contribution >= 4 is 18.1 Å². The summed E-state index contributed by atoms with van der Waals surface area (Å²) in [4.78, 5) is 23.5. The van der Waals surface area contributed by atoms with Crippen LogP contribution in [0.2, 0.25) is 0 Å². The van der Waals surface area contributed by atoms with Gasteiger partial charge in [-0.25, -0.2) is 10.2 Å². The van der Waals surface area contributed by atoms with Crippen molar-refractivity contribution in [3.05, 3.63) is 65.4 Å². The highest BCUT2D eigenvalue weighted by Gasteiger charge is 2.16. The summed E-state index contributed by atoms with van der Waals surface area (Å²) >= 11 is 0. The van der Waals surface area contributed by atoms with Crippen LogP contribution in [0, 0.1) is 0 Å². The average molecular weight is 424 g/mol. The number of carboxylic acids is 1. The molecule has 160 valence electrons. The van der Waals surface area contributed by atoms with Gasteiger partial charge in [-0.05, 0) is 36.4 Å². The SMILES string of the molecule is COc1cc(C(=O)NN=Cc2ccc(-c3cccc(C(=O)O)c3)o2)cc(OC)c1OC. The Bertz CT molecular complexity index is 1110. The number of ether oxygens (including phenoxy) is 3. The lowest BCUT2D eigenvalue weighted by atomic mass is 10.1. The van der Waals surface area contributed by atoms with E-state index in [9.17, 15) is 9.59 Å². The molecule has 1 heterocycles. The quantitative estimate of drug-likeness (QED) is 0.420. The lowest BCUT2D eigenvalue weighted by molar-refractivity contribution is 0.0696. The first-order valence-electron chi connectivity index (χ1n) is 9.03. The second kappa shape index (κ2) is 9.49. The number of nitrogens with zero attached hydrogens (tertiary/aromatic N) is 1. The van der Waals surface area contributed by atoms with Crippen LogP contribution in [0.15, 0.2) is 58.0 Å². The summed E-state index contributed by atoms with van der Waals surface area (Å²) in [7, 11) is 4.38. The van der Waals surface area contributed by atoms with Gasteiger partial charge < -0.3 is 23.7 Å². The van der Waals surface area contributed by atoms with Gasteiger partial charge in [0.25, 0.3) is 5.91 Å². The first-order chi connectivity index (χ1) is 15.0. The summed E-state index contributed by atoms with van der Waals surface area (Å²) < 4.78 is 21.4. The molecule has 0 saturated heterocycles. The third-order valence-electron chi connectivity index (χ3n) is 4.31. The molecule has 0 atom stereocenters. The molecular formula is C22H20N2O7. The van der Waals surface area contributed by atoms with Crippen LogP contribution in [0.25, 0.3) is 11.3 Å². The number of amides is 1. The van der Waals surface area contributed by atoms with Crippen molar-refractivity contribution in [2.24, 2.45) is 5.10 Å². The highest BCUT2D eigenvalue weighted by atomic mass is 16.5. The molecule has 0 aliphatic rings. The average Bonchev–Trinajstić information content (AvgIpc) is 3.26. The van der Waals surface area contributed by atoms with Crippen molar-refractivity contribution in [1.82, 2.24) is 5.43 Å². The highest BCUT2D eigenvalue weighted by Crippen LogP contribution is 2.38. The molecule has 0 aliphatic carbocycles. The number of hydrazone groups is 1. The van der Waals surface area contributed by atoms with E-state index in [-0.39, 0.29) is 11.1 Å². The van der Waals surface area contributed by atoms with Gasteiger partial charge in [-0.2, -0.15) is 5.10 Å². The maximum Gasteiger partial charge on any atom is 0.335 e. The Morgan fingerprint density at radius 3 is 2.29 bits per heavy atom. The van der Waals surface area contributed by atoms with Crippen LogP contribution < -0.4 is 19.6 Å². The predicted octanol–water partition coefficient (Wildman–Crippen LogP) is 3.43. The van der Waals surface area contributed by atoms with E-state index in [2.05, 4.69) is 10.5 Å². The maximum absolute atomic E-state index is 12.4. The Hall–Kier alpha value is -4.27. The Morgan fingerprint density at radius 1 is 0.968 bits per heavy atom. The van der Waals surface area contributed by atoms with Crippen LogP contribution in [-0.4, -0.2) is 44.5 Å². The molecule has 2 N–H and O–H groups in total. The third kappa shape index (κ3) is 4.84. The van der Waals surface area contributed by atoms with Gasteiger partial charge >= 0.3 is 5.97 Å². The standard InChI is InChI=1S/C22H20N2O7/c1-28-18-10-15(11-19(29-2)20(18)30-3)21(25)24-23-12-16-7-8-17(31-16)13-5-4-6-14(9-13)22(26)27/h4-12H,1-3H3,(H,24,25)(H,26,27). The monoisotopic (exact) mass is 424 g/mol. The molecule has 0 aliphatic heterocycles. The summed E-state index contributed by atoms with van der Waals surface area (Å²) in [5.74, 6) is 0.396. The second-order valence-corrected chi connectivity index (χ2v) is 6.20. The first kappa shape index (κ1) is 21.4. The van der Waals surface area contributed by atoms with Gasteiger partial charge in [0.15, 0.2) is 11.5 Å². The fraction of sp³-hybridized carbons (Fsp3) is 0.136. The molecule has 2 aromatic carbocycles. The van der Waals surface area contributed by atoms with Crippen molar-refractivity contribution in [2.75, 3.05) is 21.3 Å². The number of hydrogen-bond acceptors (Lipinski definition) is 7. The summed E-state index contributed by atoms with van der Waals surface area (Å²) in [5, 5.41) is 13.0. The fourth-order valence-corrected chi connectivity index (χ4v) is 2.81. The summed E-state index contributed by atoms with van der Waals surface area (Å²) in [6.07, 6.45) is 1.33. The van der Waals surface area contributed by atoms with Crippen LogP contribution in [0.5, 0.6) is 17.2 Å². The number of aromatic carboxylic acids is 1. The molecule has 3 rings (SSSR count). The second-order valence-electron chi connectivity index (χ2n) is 6.20. The van der Waals surface area contributed by atoms with Crippen molar-refractivity contribution in [3.63, 3.8) is 0 Å². The molecule has 0 fully saturated rings. The molecule has 9 heteroatoms. The normalized spacial score (nSPS) is 10.7. The number of hydrogen-bond donors (Lipinski definition) is 2. The Morgan fingerprint density at radius 2 is 1.68 bits per heavy atom. The zero-order valence-corrected chi connectivity index (χ0v) is 17.0. The molecule has 0 spiro atoms. The Balaban J connectivity index is 1.72.